The number of nitrogens with two attached hydrogens (primary N) is 1. The molecule has 1 saturated heterocycles. The van der Waals surface area contributed by atoms with E-state index in [1.54, 1.807) is 0 Å². The molecule has 4 rings (SSSR count). The van der Waals surface area contributed by atoms with E-state index in [4.69, 9.17) is 10.7 Å². The van der Waals surface area contributed by atoms with Crippen molar-refractivity contribution in [2.24, 2.45) is 12.8 Å². The topological polar surface area (TPSA) is 95.1 Å². The Kier molecular flexibility index (Phi) is 6.61. The Bertz CT molecular complexity index is 939. The Morgan fingerprint density at radius 1 is 1.07 bits per heavy atom. The minimum Gasteiger partial charge on any atom is -0.367 e. The highest BCUT2D eigenvalue weighted by Gasteiger charge is 2.19. The predicted molar refractivity (Wildman–Crippen MR) is 119 cm³/mol. The molecule has 0 atom stereocenters. The number of hydrogen-bond donors (Lipinski definition) is 2. The van der Waals surface area contributed by atoms with Crippen molar-refractivity contribution in [1.82, 2.24) is 34.3 Å². The lowest BCUT2D eigenvalue weighted by Gasteiger charge is -2.34. The molecule has 3 N–H and O–H groups in total. The van der Waals surface area contributed by atoms with Crippen molar-refractivity contribution in [3.63, 3.8) is 0 Å². The van der Waals surface area contributed by atoms with Crippen molar-refractivity contribution in [2.45, 2.75) is 25.9 Å². The zero-order valence-corrected chi connectivity index (χ0v) is 18.1. The number of imidazole rings is 2. The molecular formula is C21H33N9. The first-order chi connectivity index (χ1) is 14.6. The number of unbranched alkanes of at least 4 members (excludes halogenated alkanes) is 1. The van der Waals surface area contributed by atoms with Gasteiger partial charge in [0.25, 0.3) is 0 Å². The normalized spacial score (nSPS) is 15.5. The van der Waals surface area contributed by atoms with Crippen LogP contribution in [0.15, 0.2) is 24.7 Å². The molecule has 4 heterocycles. The third kappa shape index (κ3) is 4.80. The zero-order valence-electron chi connectivity index (χ0n) is 18.1. The second-order valence-corrected chi connectivity index (χ2v) is 8.16. The first-order valence-corrected chi connectivity index (χ1v) is 10.8. The smallest absolute Gasteiger partial charge is 0.179 e. The lowest BCUT2D eigenvalue weighted by molar-refractivity contribution is 0.238. The number of pyridine rings is 1. The monoisotopic (exact) mass is 411 g/mol. The third-order valence-corrected chi connectivity index (χ3v) is 5.85. The Balaban J connectivity index is 1.53. The molecule has 0 aromatic carbocycles. The van der Waals surface area contributed by atoms with Gasteiger partial charge in [-0.05, 0) is 39.0 Å². The van der Waals surface area contributed by atoms with Crippen LogP contribution in [0.2, 0.25) is 0 Å². The van der Waals surface area contributed by atoms with Crippen LogP contribution in [0.5, 0.6) is 0 Å². The molecule has 1 aliphatic heterocycles. The quantitative estimate of drug-likeness (QED) is 0.511. The zero-order chi connectivity index (χ0) is 20.9. The average Bonchev–Trinajstić information content (AvgIpc) is 3.34. The van der Waals surface area contributed by atoms with Crippen LogP contribution in [-0.4, -0.2) is 80.6 Å². The van der Waals surface area contributed by atoms with E-state index in [0.29, 0.717) is 0 Å². The van der Waals surface area contributed by atoms with Crippen molar-refractivity contribution in [3.8, 4) is 0 Å². The maximum Gasteiger partial charge on any atom is 0.179 e. The Morgan fingerprint density at radius 2 is 1.90 bits per heavy atom. The molecule has 0 amide bonds. The minimum absolute atomic E-state index is 0.721. The van der Waals surface area contributed by atoms with Crippen LogP contribution in [0, 0.1) is 0 Å². The molecule has 0 unspecified atom stereocenters. The number of anilines is 1. The van der Waals surface area contributed by atoms with Gasteiger partial charge in [0.2, 0.25) is 0 Å². The highest BCUT2D eigenvalue weighted by atomic mass is 15.3. The van der Waals surface area contributed by atoms with E-state index in [9.17, 15) is 0 Å². The van der Waals surface area contributed by atoms with Crippen LogP contribution in [0.25, 0.3) is 11.2 Å². The summed E-state index contributed by atoms with van der Waals surface area (Å²) in [4.78, 5) is 24.6. The summed E-state index contributed by atoms with van der Waals surface area (Å²) in [6.45, 7) is 7.38. The Labute approximate surface area is 177 Å². The predicted octanol–water partition coefficient (Wildman–Crippen LogP) is 1.18. The first-order valence-electron chi connectivity index (χ1n) is 10.8. The van der Waals surface area contributed by atoms with Gasteiger partial charge in [0.05, 0.1) is 18.8 Å². The van der Waals surface area contributed by atoms with Crippen LogP contribution >= 0.6 is 0 Å². The maximum atomic E-state index is 5.71. The number of H-pyrrole nitrogens is 1. The molecule has 3 aromatic heterocycles. The highest BCUT2D eigenvalue weighted by Crippen LogP contribution is 2.25. The fraction of sp³-hybridized carbons (Fsp3) is 0.571. The SMILES string of the molecule is CN1CCN(c2ccnc3nc(CN(CCCCN)Cc4nccn4C)[nH]c23)CC1. The standard InChI is InChI=1S/C21H33N9/c1-27-11-13-30(14-12-27)17-5-7-24-21-20(17)25-18(26-21)15-29(9-4-3-6-22)16-19-23-8-10-28(19)2/h5,7-8,10H,3-4,6,9,11-16,22H2,1-2H3,(H,24,25,26). The van der Waals surface area contributed by atoms with E-state index in [-0.39, 0.29) is 0 Å². The molecular weight excluding hydrogens is 378 g/mol. The van der Waals surface area contributed by atoms with Gasteiger partial charge in [-0.3, -0.25) is 4.90 Å². The molecule has 30 heavy (non-hydrogen) atoms. The van der Waals surface area contributed by atoms with Crippen molar-refractivity contribution in [2.75, 3.05) is 51.2 Å². The molecule has 1 fully saturated rings. The summed E-state index contributed by atoms with van der Waals surface area (Å²) in [5, 5.41) is 0. The fourth-order valence-corrected chi connectivity index (χ4v) is 3.99. The first kappa shape index (κ1) is 20.8. The minimum atomic E-state index is 0.721. The van der Waals surface area contributed by atoms with Gasteiger partial charge in [-0.2, -0.15) is 0 Å². The molecule has 9 nitrogen and oxygen atoms in total. The van der Waals surface area contributed by atoms with Gasteiger partial charge in [-0.1, -0.05) is 0 Å². The van der Waals surface area contributed by atoms with E-state index in [1.807, 2.05) is 25.6 Å². The fourth-order valence-electron chi connectivity index (χ4n) is 3.99. The largest absolute Gasteiger partial charge is 0.367 e. The van der Waals surface area contributed by atoms with Crippen LogP contribution in [0.3, 0.4) is 0 Å². The summed E-state index contributed by atoms with van der Waals surface area (Å²) in [6.07, 6.45) is 7.79. The second kappa shape index (κ2) is 9.55. The number of aromatic nitrogens is 5. The molecule has 0 saturated carbocycles. The van der Waals surface area contributed by atoms with Gasteiger partial charge < -0.3 is 25.1 Å². The van der Waals surface area contributed by atoms with Gasteiger partial charge >= 0.3 is 0 Å². The summed E-state index contributed by atoms with van der Waals surface area (Å²) in [7, 11) is 4.21. The van der Waals surface area contributed by atoms with Gasteiger partial charge in [0.15, 0.2) is 5.65 Å². The Morgan fingerprint density at radius 3 is 2.63 bits per heavy atom. The molecule has 1 aliphatic rings. The summed E-state index contributed by atoms with van der Waals surface area (Å²) in [5.41, 5.74) is 8.73. The summed E-state index contributed by atoms with van der Waals surface area (Å²) >= 11 is 0. The lowest BCUT2D eigenvalue weighted by atomic mass is 10.2. The van der Waals surface area contributed by atoms with Gasteiger partial charge in [-0.25, -0.2) is 15.0 Å². The molecule has 0 spiro atoms. The van der Waals surface area contributed by atoms with Crippen LogP contribution in [-0.2, 0) is 20.1 Å². The summed E-state index contributed by atoms with van der Waals surface area (Å²) in [6, 6.07) is 2.10. The van der Waals surface area contributed by atoms with Crippen LogP contribution < -0.4 is 10.6 Å². The van der Waals surface area contributed by atoms with Gasteiger partial charge in [-0.15, -0.1) is 0 Å². The van der Waals surface area contributed by atoms with Crippen LogP contribution in [0.1, 0.15) is 24.5 Å². The van der Waals surface area contributed by atoms with Gasteiger partial charge in [0, 0.05) is 51.8 Å². The number of likely N-dealkylation sites (N-methyl/N-ethyl adjacent to an activating group) is 1. The van der Waals surface area contributed by atoms with Crippen molar-refractivity contribution in [1.29, 1.82) is 0 Å². The van der Waals surface area contributed by atoms with Gasteiger partial charge in [0.1, 0.15) is 17.2 Å². The van der Waals surface area contributed by atoms with E-state index in [2.05, 4.69) is 47.3 Å². The van der Waals surface area contributed by atoms with Crippen molar-refractivity contribution >= 4 is 16.9 Å². The number of piperazine rings is 1. The molecule has 3 aromatic rings. The number of nitrogens with zero attached hydrogens (tertiary/aromatic N) is 7. The average molecular weight is 412 g/mol. The molecule has 0 aliphatic carbocycles. The number of rotatable bonds is 9. The molecule has 0 radical (unpaired) electrons. The maximum absolute atomic E-state index is 5.71. The number of aromatic amines is 1. The number of fused-ring (bicyclic) bond motifs is 1. The molecule has 162 valence electrons. The van der Waals surface area contributed by atoms with E-state index in [0.717, 1.165) is 88.0 Å². The van der Waals surface area contributed by atoms with E-state index < -0.39 is 0 Å². The number of hydrogen-bond acceptors (Lipinski definition) is 7. The summed E-state index contributed by atoms with van der Waals surface area (Å²) in [5.74, 6) is 2.00. The molecule has 0 bridgehead atoms. The third-order valence-electron chi connectivity index (χ3n) is 5.85. The van der Waals surface area contributed by atoms with E-state index in [1.165, 1.54) is 5.69 Å². The van der Waals surface area contributed by atoms with Crippen molar-refractivity contribution in [3.05, 3.63) is 36.3 Å². The van der Waals surface area contributed by atoms with Crippen LogP contribution in [0.4, 0.5) is 5.69 Å². The molecule has 9 heteroatoms. The van der Waals surface area contributed by atoms with Crippen molar-refractivity contribution < 1.29 is 0 Å². The number of aryl methyl sites for hydroxylation is 1. The summed E-state index contributed by atoms with van der Waals surface area (Å²) < 4.78 is 2.07. The Hall–Kier alpha value is -2.49. The number of nitrogens with one attached hydrogen (secondary N) is 1. The highest BCUT2D eigenvalue weighted by molar-refractivity contribution is 5.86. The second-order valence-electron chi connectivity index (χ2n) is 8.16. The lowest BCUT2D eigenvalue weighted by Crippen LogP contribution is -2.44. The van der Waals surface area contributed by atoms with E-state index >= 15 is 0 Å².